The number of anilines is 1. The Hall–Kier alpha value is -4.12. The lowest BCUT2D eigenvalue weighted by Crippen LogP contribution is -2.52. The zero-order valence-electron chi connectivity index (χ0n) is 26.8. The first kappa shape index (κ1) is 30.9. The van der Waals surface area contributed by atoms with Crippen LogP contribution in [0.2, 0.25) is 0 Å². The van der Waals surface area contributed by atoms with Crippen molar-refractivity contribution in [1.29, 1.82) is 0 Å². The van der Waals surface area contributed by atoms with E-state index in [-0.39, 0.29) is 23.9 Å². The highest BCUT2D eigenvalue weighted by Gasteiger charge is 2.38. The van der Waals surface area contributed by atoms with Crippen LogP contribution in [0.15, 0.2) is 42.6 Å². The molecule has 2 N–H and O–H groups in total. The molecule has 0 aliphatic carbocycles. The molecule has 2 saturated heterocycles. The molecule has 0 bridgehead atoms. The van der Waals surface area contributed by atoms with Crippen molar-refractivity contribution < 1.29 is 19.1 Å². The fourth-order valence-corrected chi connectivity index (χ4v) is 7.13. The summed E-state index contributed by atoms with van der Waals surface area (Å²) in [6.07, 6.45) is 4.21. The predicted molar refractivity (Wildman–Crippen MR) is 173 cm³/mol. The van der Waals surface area contributed by atoms with E-state index in [2.05, 4.69) is 40.6 Å². The number of ether oxygens (including phenoxy) is 1. The summed E-state index contributed by atoms with van der Waals surface area (Å²) in [5.74, 6) is -0.500. The number of carbonyl (C=O) groups excluding carboxylic acids is 3. The lowest BCUT2D eigenvalue weighted by Gasteiger charge is -2.39. The van der Waals surface area contributed by atoms with Crippen LogP contribution in [0, 0.1) is 6.92 Å². The predicted octanol–water partition coefficient (Wildman–Crippen LogP) is 4.59. The van der Waals surface area contributed by atoms with Gasteiger partial charge in [-0.1, -0.05) is 31.2 Å². The minimum Gasteiger partial charge on any atom is -0.435 e. The molecule has 6 rings (SSSR count). The van der Waals surface area contributed by atoms with Gasteiger partial charge in [0.1, 0.15) is 0 Å². The maximum atomic E-state index is 14.1. The van der Waals surface area contributed by atoms with E-state index in [0.29, 0.717) is 51.6 Å². The Balaban J connectivity index is 1.14. The number of nitrogens with zero attached hydrogens (tertiary/aromatic N) is 5. The van der Waals surface area contributed by atoms with Gasteiger partial charge in [-0.05, 0) is 81.9 Å². The second kappa shape index (κ2) is 13.1. The van der Waals surface area contributed by atoms with Crippen LogP contribution in [-0.4, -0.2) is 113 Å². The number of urea groups is 1. The van der Waals surface area contributed by atoms with Gasteiger partial charge in [0.25, 0.3) is 5.91 Å². The molecule has 0 radical (unpaired) electrons. The van der Waals surface area contributed by atoms with Crippen LogP contribution in [0.5, 0.6) is 0 Å². The molecular formula is C34H45N7O4. The van der Waals surface area contributed by atoms with Crippen LogP contribution in [-0.2, 0) is 16.0 Å². The first-order chi connectivity index (χ1) is 21.7. The summed E-state index contributed by atoms with van der Waals surface area (Å²) < 4.78 is 6.16. The Morgan fingerprint density at radius 2 is 1.71 bits per heavy atom. The number of benzene rings is 2. The van der Waals surface area contributed by atoms with Gasteiger partial charge in [-0.25, -0.2) is 9.59 Å². The van der Waals surface area contributed by atoms with E-state index in [9.17, 15) is 14.4 Å². The van der Waals surface area contributed by atoms with Crippen LogP contribution in [0.3, 0.4) is 0 Å². The van der Waals surface area contributed by atoms with Gasteiger partial charge in [0, 0.05) is 61.8 Å². The Morgan fingerprint density at radius 1 is 1.00 bits per heavy atom. The van der Waals surface area contributed by atoms with Crippen molar-refractivity contribution in [3.63, 3.8) is 0 Å². The number of rotatable bonds is 6. The number of para-hydroxylation sites is 1. The number of aryl methyl sites for hydroxylation is 1. The molecule has 2 aromatic carbocycles. The Morgan fingerprint density at radius 3 is 2.44 bits per heavy atom. The molecule has 2 atom stereocenters. The van der Waals surface area contributed by atoms with Gasteiger partial charge in [0.05, 0.1) is 11.7 Å². The summed E-state index contributed by atoms with van der Waals surface area (Å²) >= 11 is 0. The first-order valence-electron chi connectivity index (χ1n) is 16.2. The van der Waals surface area contributed by atoms with Crippen LogP contribution in [0.25, 0.3) is 10.9 Å². The minimum atomic E-state index is -0.954. The number of fused-ring (bicyclic) bond motifs is 2. The fourth-order valence-electron chi connectivity index (χ4n) is 7.13. The van der Waals surface area contributed by atoms with E-state index in [4.69, 9.17) is 4.74 Å². The molecule has 4 heterocycles. The van der Waals surface area contributed by atoms with Gasteiger partial charge in [0.2, 0.25) is 0 Å². The molecule has 3 aliphatic rings. The summed E-state index contributed by atoms with van der Waals surface area (Å²) in [6, 6.07) is 12.4. The largest absolute Gasteiger partial charge is 0.435 e. The molecule has 4 amide bonds. The number of hydrogen-bond acceptors (Lipinski definition) is 6. The van der Waals surface area contributed by atoms with Crippen molar-refractivity contribution in [3.8, 4) is 0 Å². The molecule has 2 unspecified atom stereocenters. The van der Waals surface area contributed by atoms with Gasteiger partial charge in [-0.15, -0.1) is 0 Å². The number of nitrogens with one attached hydrogen (secondary N) is 2. The molecule has 240 valence electrons. The first-order valence-corrected chi connectivity index (χ1v) is 16.2. The maximum Gasteiger partial charge on any atom is 0.410 e. The van der Waals surface area contributed by atoms with Gasteiger partial charge >= 0.3 is 12.1 Å². The monoisotopic (exact) mass is 615 g/mol. The number of hydrogen-bond donors (Lipinski definition) is 2. The molecule has 0 spiro atoms. The number of aromatic amines is 1. The Labute approximate surface area is 264 Å². The number of carbonyl (C=O) groups is 3. The van der Waals surface area contributed by atoms with Crippen molar-refractivity contribution in [2.75, 3.05) is 52.1 Å². The number of amides is 4. The molecule has 11 heteroatoms. The molecule has 0 saturated carbocycles. The third-order valence-corrected chi connectivity index (χ3v) is 10.0. The third-order valence-electron chi connectivity index (χ3n) is 10.0. The second-order valence-corrected chi connectivity index (χ2v) is 13.0. The lowest BCUT2D eigenvalue weighted by atomic mass is 9.91. The summed E-state index contributed by atoms with van der Waals surface area (Å²) in [4.78, 5) is 48.5. The third kappa shape index (κ3) is 6.49. The highest BCUT2D eigenvalue weighted by molar-refractivity contribution is 5.91. The van der Waals surface area contributed by atoms with Crippen molar-refractivity contribution in [3.05, 3.63) is 59.3 Å². The summed E-state index contributed by atoms with van der Waals surface area (Å²) in [5.41, 5.74) is 4.92. The topological polar surface area (TPSA) is 114 Å². The minimum absolute atomic E-state index is 0.0300. The highest BCUT2D eigenvalue weighted by atomic mass is 16.6. The standard InChI is InChI=1S/C34H45N7O4/c1-22-19-25(20-26-21-35-37-30(22)26)23(2)31(32(42)39-14-10-27(11-15-39)38(3)4)45-34(44)40-16-12-28(13-17-40)41-18-9-24-7-5-6-8-29(24)36-33(41)43/h5-8,19-21,23,27-28,31H,9-18H2,1-4H3,(H,35,37)(H,36,43). The molecule has 2 fully saturated rings. The normalized spacial score (nSPS) is 19.7. The van der Waals surface area contributed by atoms with Crippen LogP contribution >= 0.6 is 0 Å². The molecule has 11 nitrogen and oxygen atoms in total. The SMILES string of the molecule is Cc1cc(C(C)C(OC(=O)N2CCC(N3CCc4ccccc4NC3=O)CC2)C(=O)N2CCC(N(C)C)CC2)cc2cn[nH]c12. The highest BCUT2D eigenvalue weighted by Crippen LogP contribution is 2.30. The van der Waals surface area contributed by atoms with Crippen molar-refractivity contribution in [2.24, 2.45) is 0 Å². The summed E-state index contributed by atoms with van der Waals surface area (Å²) in [7, 11) is 4.15. The van der Waals surface area contributed by atoms with Crippen molar-refractivity contribution in [1.82, 2.24) is 29.8 Å². The smallest absolute Gasteiger partial charge is 0.410 e. The van der Waals surface area contributed by atoms with E-state index in [0.717, 1.165) is 52.5 Å². The van der Waals surface area contributed by atoms with Gasteiger partial charge in [0.15, 0.2) is 6.10 Å². The lowest BCUT2D eigenvalue weighted by molar-refractivity contribution is -0.143. The van der Waals surface area contributed by atoms with Crippen LogP contribution in [0.1, 0.15) is 55.2 Å². The van der Waals surface area contributed by atoms with Crippen molar-refractivity contribution >= 4 is 34.6 Å². The quantitative estimate of drug-likeness (QED) is 0.420. The van der Waals surface area contributed by atoms with E-state index in [1.54, 1.807) is 11.1 Å². The van der Waals surface area contributed by atoms with Gasteiger partial charge in [-0.2, -0.15) is 5.10 Å². The van der Waals surface area contributed by atoms with E-state index >= 15 is 0 Å². The van der Waals surface area contributed by atoms with Gasteiger partial charge < -0.3 is 29.7 Å². The molecule has 3 aliphatic heterocycles. The zero-order valence-corrected chi connectivity index (χ0v) is 26.8. The average Bonchev–Trinajstić information content (AvgIpc) is 3.47. The average molecular weight is 616 g/mol. The molecule has 1 aromatic heterocycles. The number of likely N-dealkylation sites (tertiary alicyclic amines) is 2. The summed E-state index contributed by atoms with van der Waals surface area (Å²) in [6.45, 7) is 6.81. The Kier molecular flexibility index (Phi) is 8.98. The maximum absolute atomic E-state index is 14.1. The van der Waals surface area contributed by atoms with Crippen LogP contribution < -0.4 is 5.32 Å². The second-order valence-electron chi connectivity index (χ2n) is 13.0. The van der Waals surface area contributed by atoms with E-state index < -0.39 is 12.2 Å². The van der Waals surface area contributed by atoms with Gasteiger partial charge in [-0.3, -0.25) is 9.89 Å². The van der Waals surface area contributed by atoms with Crippen molar-refractivity contribution in [2.45, 2.75) is 70.1 Å². The zero-order chi connectivity index (χ0) is 31.7. The van der Waals surface area contributed by atoms with E-state index in [1.165, 1.54) is 0 Å². The number of piperidine rings is 2. The van der Waals surface area contributed by atoms with Crippen LogP contribution in [0.4, 0.5) is 15.3 Å². The number of H-pyrrole nitrogens is 1. The Bertz CT molecular complexity index is 1540. The summed E-state index contributed by atoms with van der Waals surface area (Å²) in [5, 5.41) is 11.2. The molecular weight excluding hydrogens is 570 g/mol. The molecule has 45 heavy (non-hydrogen) atoms. The number of aromatic nitrogens is 2. The molecule has 3 aromatic rings. The fraction of sp³-hybridized carbons (Fsp3) is 0.529. The van der Waals surface area contributed by atoms with E-state index in [1.807, 2.05) is 54.0 Å².